The van der Waals surface area contributed by atoms with E-state index in [1.165, 1.54) is 40.7 Å². The molecule has 1 aliphatic carbocycles. The van der Waals surface area contributed by atoms with E-state index >= 15 is 0 Å². The normalized spacial score (nSPS) is 16.1. The lowest BCUT2D eigenvalue weighted by Gasteiger charge is -2.42. The first-order valence-electron chi connectivity index (χ1n) is 12.8. The molecule has 186 valence electrons. The van der Waals surface area contributed by atoms with Crippen molar-refractivity contribution in [3.05, 3.63) is 76.0 Å². The van der Waals surface area contributed by atoms with Gasteiger partial charge < -0.3 is 15.0 Å². The number of primary amides is 1. The van der Waals surface area contributed by atoms with Crippen molar-refractivity contribution in [3.63, 3.8) is 0 Å². The van der Waals surface area contributed by atoms with Crippen molar-refractivity contribution < 1.29 is 9.53 Å². The fourth-order valence-electron chi connectivity index (χ4n) is 5.66. The molecular formula is C31H40N2O2. The van der Waals surface area contributed by atoms with Gasteiger partial charge in [0.25, 0.3) is 5.91 Å². The van der Waals surface area contributed by atoms with Crippen LogP contribution in [-0.4, -0.2) is 17.6 Å². The monoisotopic (exact) mass is 472 g/mol. The summed E-state index contributed by atoms with van der Waals surface area (Å²) in [6.45, 7) is 14.4. The lowest BCUT2D eigenvalue weighted by Crippen LogP contribution is -2.34. The summed E-state index contributed by atoms with van der Waals surface area (Å²) in [5.41, 5.74) is 15.3. The number of hydrogen-bond donors (Lipinski definition) is 1. The topological polar surface area (TPSA) is 57.2 Å². The predicted octanol–water partition coefficient (Wildman–Crippen LogP) is 6.73. The van der Waals surface area contributed by atoms with Gasteiger partial charge in [-0.2, -0.15) is 0 Å². The highest BCUT2D eigenvalue weighted by Crippen LogP contribution is 2.48. The van der Waals surface area contributed by atoms with E-state index < -0.39 is 0 Å². The van der Waals surface area contributed by atoms with E-state index in [0.29, 0.717) is 5.56 Å². The van der Waals surface area contributed by atoms with Crippen LogP contribution >= 0.6 is 0 Å². The van der Waals surface area contributed by atoms with E-state index in [1.807, 2.05) is 25.1 Å². The average Bonchev–Trinajstić information content (AvgIpc) is 3.16. The first-order chi connectivity index (χ1) is 16.5. The molecule has 35 heavy (non-hydrogen) atoms. The summed E-state index contributed by atoms with van der Waals surface area (Å²) in [5.74, 6) is 0.485. The van der Waals surface area contributed by atoms with Gasteiger partial charge in [-0.1, -0.05) is 52.8 Å². The molecule has 1 amide bonds. The fourth-order valence-corrected chi connectivity index (χ4v) is 5.66. The van der Waals surface area contributed by atoms with E-state index in [4.69, 9.17) is 10.5 Å². The average molecular weight is 473 g/mol. The van der Waals surface area contributed by atoms with Crippen LogP contribution in [0.15, 0.2) is 42.5 Å². The Hall–Kier alpha value is -3.01. The van der Waals surface area contributed by atoms with Crippen LogP contribution in [0, 0.1) is 6.92 Å². The lowest BCUT2D eigenvalue weighted by atomic mass is 9.62. The summed E-state index contributed by atoms with van der Waals surface area (Å²) < 4.78 is 7.69. The third-order valence-electron chi connectivity index (χ3n) is 8.12. The van der Waals surface area contributed by atoms with E-state index in [1.54, 1.807) is 7.11 Å². The van der Waals surface area contributed by atoms with Gasteiger partial charge in [0, 0.05) is 23.5 Å². The van der Waals surface area contributed by atoms with Crippen molar-refractivity contribution in [1.29, 1.82) is 0 Å². The minimum atomic E-state index is -0.374. The number of fused-ring (bicyclic) bond motifs is 1. The summed E-state index contributed by atoms with van der Waals surface area (Å²) in [4.78, 5) is 12.3. The summed E-state index contributed by atoms with van der Waals surface area (Å²) in [5, 5.41) is 0. The number of nitrogens with zero attached hydrogens (tertiary/aromatic N) is 1. The number of aromatic nitrogens is 1. The number of carbonyl (C=O) groups excluding carboxylic acids is 1. The Morgan fingerprint density at radius 2 is 1.69 bits per heavy atom. The number of rotatable bonds is 7. The molecule has 3 aromatic rings. The molecule has 0 spiro atoms. The van der Waals surface area contributed by atoms with Crippen LogP contribution in [0.5, 0.6) is 5.75 Å². The van der Waals surface area contributed by atoms with Crippen LogP contribution in [0.4, 0.5) is 0 Å². The standard InChI is InChI=1S/C31H40N2O2/c1-8-22-17-26-27(31(5,6)14-13-30(26,3)4)18-25(22)28-19-24(29(32)34)20(2)33(28)15-12-21-10-9-11-23(16-21)35-7/h9-11,16-19H,8,12-15H2,1-7H3,(H2,32,34). The van der Waals surface area contributed by atoms with Crippen molar-refractivity contribution in [2.75, 3.05) is 7.11 Å². The van der Waals surface area contributed by atoms with E-state index in [2.05, 4.69) is 63.5 Å². The maximum atomic E-state index is 12.3. The van der Waals surface area contributed by atoms with E-state index in [-0.39, 0.29) is 16.7 Å². The molecule has 0 aliphatic heterocycles. The maximum absolute atomic E-state index is 12.3. The Balaban J connectivity index is 1.86. The number of aryl methyl sites for hydroxylation is 2. The zero-order chi connectivity index (χ0) is 25.5. The molecule has 0 saturated carbocycles. The van der Waals surface area contributed by atoms with Gasteiger partial charge in [-0.3, -0.25) is 4.79 Å². The van der Waals surface area contributed by atoms with Gasteiger partial charge in [0.2, 0.25) is 0 Å². The van der Waals surface area contributed by atoms with Gasteiger partial charge in [-0.05, 0) is 90.0 Å². The Kier molecular flexibility index (Phi) is 6.61. The Labute approximate surface area is 210 Å². The largest absolute Gasteiger partial charge is 0.497 e. The summed E-state index contributed by atoms with van der Waals surface area (Å²) in [6, 6.07) is 15.0. The molecule has 0 bridgehead atoms. The number of methoxy groups -OCH3 is 1. The van der Waals surface area contributed by atoms with Gasteiger partial charge in [0.1, 0.15) is 5.75 Å². The first kappa shape index (κ1) is 25.1. The minimum Gasteiger partial charge on any atom is -0.497 e. The summed E-state index contributed by atoms with van der Waals surface area (Å²) in [7, 11) is 1.69. The smallest absolute Gasteiger partial charge is 0.250 e. The van der Waals surface area contributed by atoms with Crippen LogP contribution in [0.3, 0.4) is 0 Å². The molecule has 0 radical (unpaired) electrons. The number of nitrogens with two attached hydrogens (primary N) is 1. The SMILES string of the molecule is CCc1cc2c(cc1-c1cc(C(N)=O)c(C)n1CCc1cccc(OC)c1)C(C)(C)CCC2(C)C. The fraction of sp³-hybridized carbons (Fsp3) is 0.452. The van der Waals surface area contributed by atoms with Crippen molar-refractivity contribution >= 4 is 5.91 Å². The highest BCUT2D eigenvalue weighted by Gasteiger charge is 2.38. The van der Waals surface area contributed by atoms with Gasteiger partial charge in [-0.25, -0.2) is 0 Å². The third kappa shape index (κ3) is 4.63. The van der Waals surface area contributed by atoms with Crippen molar-refractivity contribution in [1.82, 2.24) is 4.57 Å². The van der Waals surface area contributed by atoms with Crippen LogP contribution < -0.4 is 10.5 Å². The highest BCUT2D eigenvalue weighted by molar-refractivity contribution is 5.96. The zero-order valence-electron chi connectivity index (χ0n) is 22.4. The second-order valence-electron chi connectivity index (χ2n) is 11.3. The van der Waals surface area contributed by atoms with Crippen LogP contribution in [-0.2, 0) is 30.2 Å². The van der Waals surface area contributed by atoms with Gasteiger partial charge in [0.05, 0.1) is 12.7 Å². The number of carbonyl (C=O) groups is 1. The summed E-state index contributed by atoms with van der Waals surface area (Å²) in [6.07, 6.45) is 4.13. The van der Waals surface area contributed by atoms with E-state index in [0.717, 1.165) is 36.5 Å². The quantitative estimate of drug-likeness (QED) is 0.415. The molecule has 4 nitrogen and oxygen atoms in total. The minimum absolute atomic E-state index is 0.117. The predicted molar refractivity (Wildman–Crippen MR) is 144 cm³/mol. The van der Waals surface area contributed by atoms with Crippen molar-refractivity contribution in [2.45, 2.75) is 84.6 Å². The number of hydrogen-bond acceptors (Lipinski definition) is 2. The van der Waals surface area contributed by atoms with Crippen LogP contribution in [0.2, 0.25) is 0 Å². The first-order valence-corrected chi connectivity index (χ1v) is 12.8. The Bertz CT molecular complexity index is 1260. The molecule has 1 heterocycles. The number of benzene rings is 2. The highest BCUT2D eigenvalue weighted by atomic mass is 16.5. The van der Waals surface area contributed by atoms with Crippen molar-refractivity contribution in [2.24, 2.45) is 5.73 Å². The third-order valence-corrected chi connectivity index (χ3v) is 8.12. The number of ether oxygens (including phenoxy) is 1. The molecule has 4 heteroatoms. The molecule has 0 fully saturated rings. The second kappa shape index (κ2) is 9.22. The van der Waals surface area contributed by atoms with Gasteiger partial charge in [-0.15, -0.1) is 0 Å². The molecule has 2 aromatic carbocycles. The molecule has 1 aliphatic rings. The molecule has 2 N–H and O–H groups in total. The van der Waals surface area contributed by atoms with Crippen LogP contribution in [0.1, 0.15) is 85.8 Å². The van der Waals surface area contributed by atoms with Crippen LogP contribution in [0.25, 0.3) is 11.3 Å². The maximum Gasteiger partial charge on any atom is 0.250 e. The van der Waals surface area contributed by atoms with E-state index in [9.17, 15) is 4.79 Å². The summed E-state index contributed by atoms with van der Waals surface area (Å²) >= 11 is 0. The van der Waals surface area contributed by atoms with Gasteiger partial charge in [0.15, 0.2) is 0 Å². The van der Waals surface area contributed by atoms with Gasteiger partial charge >= 0.3 is 0 Å². The number of amides is 1. The zero-order valence-corrected chi connectivity index (χ0v) is 22.4. The molecular weight excluding hydrogens is 432 g/mol. The van der Waals surface area contributed by atoms with Crippen molar-refractivity contribution in [3.8, 4) is 17.0 Å². The molecule has 0 atom stereocenters. The lowest BCUT2D eigenvalue weighted by molar-refractivity contribution is 0.0999. The molecule has 4 rings (SSSR count). The Morgan fingerprint density at radius 3 is 2.29 bits per heavy atom. The second-order valence-corrected chi connectivity index (χ2v) is 11.3. The molecule has 0 saturated heterocycles. The Morgan fingerprint density at radius 1 is 1.03 bits per heavy atom. The molecule has 1 aromatic heterocycles. The molecule has 0 unspecified atom stereocenters.